The highest BCUT2D eigenvalue weighted by molar-refractivity contribution is 5.80. The predicted octanol–water partition coefficient (Wildman–Crippen LogP) is -2.90. The van der Waals surface area contributed by atoms with Crippen molar-refractivity contribution in [1.29, 1.82) is 54.1 Å². The monoisotopic (exact) mass is 1210 g/mol. The Morgan fingerprint density at radius 3 is 0.795 bits per heavy atom. The van der Waals surface area contributed by atoms with E-state index in [9.17, 15) is 36.4 Å². The van der Waals surface area contributed by atoms with E-state index in [4.69, 9.17) is 122 Å². The first-order chi connectivity index (χ1) is 39.9. The van der Waals surface area contributed by atoms with Gasteiger partial charge in [-0.2, -0.15) is 0 Å². The van der Waals surface area contributed by atoms with Gasteiger partial charge in [-0.3, -0.25) is 161 Å². The van der Waals surface area contributed by atoms with Gasteiger partial charge in [0, 0.05) is 64.2 Å². The van der Waals surface area contributed by atoms with Crippen molar-refractivity contribution in [3.05, 3.63) is 0 Å². The third-order valence-corrected chi connectivity index (χ3v) is 10.8. The Morgan fingerprint density at radius 1 is 0.265 bits per heavy atom. The van der Waals surface area contributed by atoms with Crippen LogP contribution in [0.5, 0.6) is 0 Å². The Kier molecular flexibility index (Phi) is 45.7. The summed E-state index contributed by atoms with van der Waals surface area (Å²) in [6.45, 7) is -4.24. The van der Waals surface area contributed by atoms with Crippen LogP contribution < -0.4 is 54.8 Å². The van der Waals surface area contributed by atoms with Crippen molar-refractivity contribution in [2.75, 3.05) is 92.5 Å². The number of rotatable bonds is 52. The van der Waals surface area contributed by atoms with Crippen LogP contribution in [0.25, 0.3) is 0 Å². The molecule has 0 aliphatic heterocycles. The first-order valence-electron chi connectivity index (χ1n) is 25.3. The molecule has 0 rings (SSSR count). The summed E-state index contributed by atoms with van der Waals surface area (Å²) >= 11 is 0. The summed E-state index contributed by atoms with van der Waals surface area (Å²) in [6.07, 6.45) is -13.0. The van der Waals surface area contributed by atoms with Crippen molar-refractivity contribution in [3.63, 3.8) is 0 Å². The molecular weight excluding hydrogens is 1120 g/mol. The summed E-state index contributed by atoms with van der Waals surface area (Å²) < 4.78 is 59.7. The molecule has 0 aromatic carbocycles. The van der Waals surface area contributed by atoms with Gasteiger partial charge in [-0.05, 0) is 0 Å². The second-order valence-electron chi connectivity index (χ2n) is 17.1. The fourth-order valence-electron chi connectivity index (χ4n) is 6.41. The van der Waals surface area contributed by atoms with E-state index >= 15 is 0 Å². The van der Waals surface area contributed by atoms with Crippen LogP contribution in [-0.2, 0) is 52.2 Å². The predicted molar refractivity (Wildman–Crippen MR) is 283 cm³/mol. The number of hydroxylamine groups is 10. The molecule has 83 heavy (non-hydrogen) atoms. The summed E-state index contributed by atoms with van der Waals surface area (Å²) in [5.41, 5.74) is 17.7. The highest BCUT2D eigenvalue weighted by Gasteiger charge is 2.40. The third-order valence-electron chi connectivity index (χ3n) is 10.8. The largest absolute Gasteiger partial charge is 0.387 e. The highest BCUT2D eigenvalue weighted by atomic mass is 16.7. The molecule has 41 heteroatoms. The Hall–Kier alpha value is -6.14. The molecular formula is C42H86N20O21. The molecule has 0 saturated carbocycles. The quantitative estimate of drug-likeness (QED) is 0.0126. The van der Waals surface area contributed by atoms with Crippen molar-refractivity contribution in [3.8, 4) is 0 Å². The zero-order chi connectivity index (χ0) is 62.2. The number of ether oxygens (including phenoxy) is 10. The first kappa shape index (κ1) is 76.9. The van der Waals surface area contributed by atoms with Crippen LogP contribution >= 0.6 is 0 Å². The summed E-state index contributed by atoms with van der Waals surface area (Å²) in [7, 11) is 0. The van der Waals surface area contributed by atoms with Crippen molar-refractivity contribution < 1.29 is 104 Å². The topological polar surface area (TPSA) is 663 Å². The highest BCUT2D eigenvalue weighted by Crippen LogP contribution is 2.22. The maximum atomic E-state index is 11.9. The average Bonchev–Trinajstić information content (AvgIpc) is 3.49. The Labute approximate surface area is 476 Å². The first-order valence-corrected chi connectivity index (χ1v) is 25.3. The number of hydrogen-bond acceptors (Lipinski definition) is 31. The van der Waals surface area contributed by atoms with E-state index in [1.807, 2.05) is 0 Å². The van der Waals surface area contributed by atoms with Crippen LogP contribution in [0.4, 0.5) is 0 Å². The molecule has 30 N–H and O–H groups in total. The molecule has 0 radical (unpaired) electrons. The molecule has 8 atom stereocenters. The number of aliphatic hydroxyl groups excluding tert-OH is 1. The van der Waals surface area contributed by atoms with Crippen molar-refractivity contribution in [2.45, 2.75) is 113 Å². The van der Waals surface area contributed by atoms with Gasteiger partial charge in [0.2, 0.25) is 0 Å². The second kappa shape index (κ2) is 49.3. The van der Waals surface area contributed by atoms with Gasteiger partial charge in [0.05, 0.1) is 92.5 Å². The number of amidine groups is 10. The molecule has 8 unspecified atom stereocenters. The lowest BCUT2D eigenvalue weighted by molar-refractivity contribution is -0.202. The number of nitrogens with one attached hydrogen (secondary N) is 20. The molecule has 0 aliphatic carbocycles. The number of aliphatic hydroxyl groups is 1. The van der Waals surface area contributed by atoms with Crippen LogP contribution in [-0.4, -0.2) is 252 Å². The normalized spacial score (nSPS) is 14.0. The smallest absolute Gasteiger partial charge is 0.137 e. The van der Waals surface area contributed by atoms with Gasteiger partial charge in [-0.25, -0.2) is 0 Å². The van der Waals surface area contributed by atoms with E-state index < -0.39 is 62.0 Å². The molecule has 480 valence electrons. The molecule has 0 fully saturated rings. The van der Waals surface area contributed by atoms with E-state index in [1.54, 1.807) is 49.3 Å². The van der Waals surface area contributed by atoms with E-state index in [1.165, 1.54) is 0 Å². The lowest BCUT2D eigenvalue weighted by Gasteiger charge is -2.37. The van der Waals surface area contributed by atoms with Crippen LogP contribution in [0.2, 0.25) is 0 Å². The van der Waals surface area contributed by atoms with Gasteiger partial charge < -0.3 is 52.5 Å². The third kappa shape index (κ3) is 37.6. The van der Waals surface area contributed by atoms with Gasteiger partial charge in [-0.15, -0.1) is 0 Å². The van der Waals surface area contributed by atoms with E-state index in [-0.39, 0.29) is 202 Å². The molecule has 0 spiro atoms. The van der Waals surface area contributed by atoms with Gasteiger partial charge in [-0.1, -0.05) is 0 Å². The summed E-state index contributed by atoms with van der Waals surface area (Å²) in [5.74, 6) is -3.46. The molecule has 41 nitrogen and oxygen atoms in total. The van der Waals surface area contributed by atoms with Crippen molar-refractivity contribution in [2.24, 2.45) is 0 Å². The Bertz CT molecular complexity index is 1890. The van der Waals surface area contributed by atoms with Crippen LogP contribution in [0.3, 0.4) is 0 Å². The molecule has 0 aliphatic rings. The van der Waals surface area contributed by atoms with Gasteiger partial charge >= 0.3 is 0 Å². The molecule has 0 bridgehead atoms. The van der Waals surface area contributed by atoms with E-state index in [2.05, 4.69) is 5.48 Å². The minimum atomic E-state index is -1.70. The zero-order valence-corrected chi connectivity index (χ0v) is 45.6. The number of hydrogen-bond donors (Lipinski definition) is 30. The fraction of sp³-hybridized carbons (Fsp3) is 0.762. The van der Waals surface area contributed by atoms with E-state index in [0.29, 0.717) is 0 Å². The average molecular weight is 1210 g/mol. The summed E-state index contributed by atoms with van der Waals surface area (Å²) in [6, 6.07) is 0. The zero-order valence-electron chi connectivity index (χ0n) is 45.6. The van der Waals surface area contributed by atoms with Gasteiger partial charge in [0.15, 0.2) is 0 Å². The summed E-state index contributed by atoms with van der Waals surface area (Å²) in [5, 5.41) is 174. The maximum Gasteiger partial charge on any atom is 0.137 e. The molecule has 0 aromatic heterocycles. The fourth-order valence-corrected chi connectivity index (χ4v) is 6.41. The van der Waals surface area contributed by atoms with Crippen LogP contribution in [0, 0.1) is 54.1 Å². The van der Waals surface area contributed by atoms with Crippen LogP contribution in [0.15, 0.2) is 0 Å². The van der Waals surface area contributed by atoms with Crippen molar-refractivity contribution in [1.82, 2.24) is 54.8 Å². The molecule has 0 amide bonds. The van der Waals surface area contributed by atoms with Gasteiger partial charge in [0.1, 0.15) is 107 Å². The Balaban J connectivity index is 7.19. The van der Waals surface area contributed by atoms with Crippen LogP contribution in [0.1, 0.15) is 64.2 Å². The molecule has 0 saturated heterocycles. The minimum Gasteiger partial charge on any atom is -0.387 e. The minimum absolute atomic E-state index is 0.0860. The van der Waals surface area contributed by atoms with E-state index in [0.717, 1.165) is 0 Å². The Morgan fingerprint density at radius 2 is 0.482 bits per heavy atom. The molecule has 0 heterocycles. The second-order valence-corrected chi connectivity index (χ2v) is 17.1. The van der Waals surface area contributed by atoms with Gasteiger partial charge in [0.25, 0.3) is 0 Å². The summed E-state index contributed by atoms with van der Waals surface area (Å²) in [4.78, 5) is 6.06. The maximum absolute atomic E-state index is 11.9. The SMILES string of the molecule is N=C(CCOCC(OCCC(=N)NO)C(O)C(OCCC(=N)NO)C(COCCC(=N)NOC(COCCC(=N)NO)C(OCCC(=N)NO)C(OCCC(=N)NO)C(COCCC(=N)NO)OCCC(=N)NO)OCCC(=N)NO)NO. The van der Waals surface area contributed by atoms with Crippen molar-refractivity contribution >= 4 is 58.4 Å². The molecule has 0 aromatic rings. The standard InChI is InChI=1S/C42H86N20O21/c43-29(53-64)1-11-73-21-25(77-15-5-32(46)56-67)39(63)40(80-18-8-35(49)59-70)26(78-16-6-33(47)57-68)22-75-14-4-38(52)62-83-28(24-76-13-3-31(45)55-66)42(82-20-10-37(51)61-72)41(81-19-9-36(50)60-71)27(79-17-7-34(48)58-69)23-74-12-2-30(44)54-65/h25-28,39-42,63-72H,1-24H2,(H2,43,53)(H2,44,54)(H2,45,55)(H2,46,56)(H2,47,57)(H2,48,58)(H2,49,59)(H2,50,60)(H2,51,61)(H2,52,62). The lowest BCUT2D eigenvalue weighted by Crippen LogP contribution is -2.54. The lowest BCUT2D eigenvalue weighted by atomic mass is 10.0.